The van der Waals surface area contributed by atoms with E-state index in [0.29, 0.717) is 0 Å². The number of rotatable bonds is 0. The van der Waals surface area contributed by atoms with Crippen LogP contribution in [0.25, 0.3) is 0 Å². The van der Waals surface area contributed by atoms with E-state index in [9.17, 15) is 0 Å². The molecule has 0 bridgehead atoms. The van der Waals surface area contributed by atoms with Gasteiger partial charge in [-0.3, -0.25) is 0 Å². The fraction of sp³-hybridized carbons (Fsp3) is 0.333. The lowest BCUT2D eigenvalue weighted by Gasteiger charge is -1.88. The van der Waals surface area contributed by atoms with Gasteiger partial charge in [-0.2, -0.15) is 0 Å². The Labute approximate surface area is 66.1 Å². The monoisotopic (exact) mass is 148 g/mol. The molecule has 0 unspecified atom stereocenters. The Morgan fingerprint density at radius 3 is 2.80 bits per heavy atom. The molecular formula is C9H8S. The van der Waals surface area contributed by atoms with Crippen LogP contribution in [0.1, 0.15) is 6.42 Å². The highest BCUT2D eigenvalue weighted by Gasteiger charge is 1.82. The Morgan fingerprint density at radius 1 is 1.10 bits per heavy atom. The highest BCUT2D eigenvalue weighted by atomic mass is 32.2. The Bertz CT molecular complexity index is 203. The molecular weight excluding hydrogens is 140 g/mol. The van der Waals surface area contributed by atoms with Crippen LogP contribution in [0.2, 0.25) is 0 Å². The van der Waals surface area contributed by atoms with E-state index in [1.165, 1.54) is 0 Å². The van der Waals surface area contributed by atoms with Crippen LogP contribution >= 0.6 is 11.8 Å². The van der Waals surface area contributed by atoms with E-state index in [1.807, 2.05) is 17.8 Å². The van der Waals surface area contributed by atoms with Crippen molar-refractivity contribution in [3.8, 4) is 23.7 Å². The molecule has 0 aliphatic carbocycles. The van der Waals surface area contributed by atoms with Crippen molar-refractivity contribution >= 4 is 11.8 Å². The van der Waals surface area contributed by atoms with Crippen molar-refractivity contribution in [2.75, 3.05) is 11.5 Å². The first-order chi connectivity index (χ1) is 5.00. The predicted molar refractivity (Wildman–Crippen MR) is 46.6 cm³/mol. The molecule has 0 amide bonds. The summed E-state index contributed by atoms with van der Waals surface area (Å²) in [5, 5.41) is 0. The van der Waals surface area contributed by atoms with Crippen LogP contribution in [-0.2, 0) is 0 Å². The smallest absolute Gasteiger partial charge is 0.0551 e. The summed E-state index contributed by atoms with van der Waals surface area (Å²) < 4.78 is 0. The lowest BCUT2D eigenvalue weighted by Crippen LogP contribution is -1.78. The van der Waals surface area contributed by atoms with Crippen molar-refractivity contribution in [1.82, 2.24) is 0 Å². The Balaban J connectivity index is 2.51. The van der Waals surface area contributed by atoms with E-state index >= 15 is 0 Å². The van der Waals surface area contributed by atoms with Crippen molar-refractivity contribution in [2.24, 2.45) is 0 Å². The van der Waals surface area contributed by atoms with Crippen molar-refractivity contribution in [2.45, 2.75) is 6.42 Å². The molecule has 0 aromatic rings. The van der Waals surface area contributed by atoms with Gasteiger partial charge in [-0.05, 0) is 12.2 Å². The average Bonchev–Trinajstić information content (AvgIpc) is 2.01. The van der Waals surface area contributed by atoms with Crippen molar-refractivity contribution < 1.29 is 0 Å². The molecule has 1 heteroatoms. The largest absolute Gasteiger partial charge is 0.148 e. The minimum atomic E-state index is 0.937. The first-order valence-corrected chi connectivity index (χ1v) is 4.35. The topological polar surface area (TPSA) is 0 Å². The molecule has 0 saturated heterocycles. The lowest BCUT2D eigenvalue weighted by atomic mass is 10.4. The van der Waals surface area contributed by atoms with Crippen LogP contribution in [-0.4, -0.2) is 11.5 Å². The van der Waals surface area contributed by atoms with Gasteiger partial charge >= 0.3 is 0 Å². The number of hydrogen-bond acceptors (Lipinski definition) is 1. The third kappa shape index (κ3) is 3.28. The van der Waals surface area contributed by atoms with Crippen molar-refractivity contribution in [3.05, 3.63) is 12.2 Å². The summed E-state index contributed by atoms with van der Waals surface area (Å²) in [7, 11) is 0. The van der Waals surface area contributed by atoms with E-state index in [-0.39, 0.29) is 0 Å². The fourth-order valence-corrected chi connectivity index (χ4v) is 1.14. The summed E-state index contributed by atoms with van der Waals surface area (Å²) >= 11 is 1.84. The van der Waals surface area contributed by atoms with Crippen LogP contribution in [0.5, 0.6) is 0 Å². The lowest BCUT2D eigenvalue weighted by molar-refractivity contribution is 1.30. The maximum Gasteiger partial charge on any atom is 0.0551 e. The maximum atomic E-state index is 3.03. The summed E-state index contributed by atoms with van der Waals surface area (Å²) in [5.41, 5.74) is 0. The second-order valence-corrected chi connectivity index (χ2v) is 2.88. The molecule has 0 fully saturated rings. The highest BCUT2D eigenvalue weighted by Crippen LogP contribution is 1.99. The zero-order valence-corrected chi connectivity index (χ0v) is 6.50. The van der Waals surface area contributed by atoms with Gasteiger partial charge in [0.1, 0.15) is 0 Å². The molecule has 1 rings (SSSR count). The summed E-state index contributed by atoms with van der Waals surface area (Å²) in [4.78, 5) is 0. The van der Waals surface area contributed by atoms with Crippen LogP contribution in [0, 0.1) is 23.7 Å². The third-order valence-electron chi connectivity index (χ3n) is 1.000. The van der Waals surface area contributed by atoms with Crippen LogP contribution < -0.4 is 0 Å². The average molecular weight is 148 g/mol. The molecule has 0 spiro atoms. The number of hydrogen-bond donors (Lipinski definition) is 0. The first kappa shape index (κ1) is 7.32. The minimum Gasteiger partial charge on any atom is -0.148 e. The zero-order valence-electron chi connectivity index (χ0n) is 5.68. The molecule has 10 heavy (non-hydrogen) atoms. The minimum absolute atomic E-state index is 0.937. The predicted octanol–water partition coefficient (Wildman–Crippen LogP) is 1.69. The summed E-state index contributed by atoms with van der Waals surface area (Å²) in [5.74, 6) is 13.9. The van der Waals surface area contributed by atoms with Gasteiger partial charge in [-0.25, -0.2) is 0 Å². The van der Waals surface area contributed by atoms with Crippen molar-refractivity contribution in [1.29, 1.82) is 0 Å². The third-order valence-corrected chi connectivity index (χ3v) is 1.84. The van der Waals surface area contributed by atoms with E-state index in [1.54, 1.807) is 6.08 Å². The van der Waals surface area contributed by atoms with Gasteiger partial charge in [-0.1, -0.05) is 23.7 Å². The summed E-state index contributed by atoms with van der Waals surface area (Å²) in [6.07, 6.45) is 4.60. The fourth-order valence-electron chi connectivity index (χ4n) is 0.561. The molecule has 0 saturated carbocycles. The Hall–Kier alpha value is -0.790. The molecule has 0 aromatic carbocycles. The molecule has 0 aromatic heterocycles. The van der Waals surface area contributed by atoms with Gasteiger partial charge in [-0.15, -0.1) is 11.8 Å². The van der Waals surface area contributed by atoms with E-state index in [4.69, 9.17) is 0 Å². The summed E-state index contributed by atoms with van der Waals surface area (Å²) in [6, 6.07) is 0. The number of thioether (sulfide) groups is 1. The molecule has 0 radical (unpaired) electrons. The summed E-state index contributed by atoms with van der Waals surface area (Å²) in [6.45, 7) is 0. The standard InChI is InChI=1S/C9H8S/c1-2-4-6-8-10-9-7-5-3-1/h1-2H,7-9H2. The van der Waals surface area contributed by atoms with E-state index in [0.717, 1.165) is 17.9 Å². The van der Waals surface area contributed by atoms with E-state index < -0.39 is 0 Å². The number of allylic oxidation sites excluding steroid dienone is 2. The van der Waals surface area contributed by atoms with Crippen LogP contribution in [0.3, 0.4) is 0 Å². The van der Waals surface area contributed by atoms with Gasteiger partial charge in [0.05, 0.1) is 5.75 Å². The van der Waals surface area contributed by atoms with Gasteiger partial charge in [0, 0.05) is 12.2 Å². The van der Waals surface area contributed by atoms with Crippen molar-refractivity contribution in [3.63, 3.8) is 0 Å². The molecule has 0 nitrogen and oxygen atoms in total. The second kappa shape index (κ2) is 5.03. The first-order valence-electron chi connectivity index (χ1n) is 3.20. The Morgan fingerprint density at radius 2 is 1.90 bits per heavy atom. The maximum absolute atomic E-state index is 3.03. The molecule has 1 aliphatic heterocycles. The van der Waals surface area contributed by atoms with E-state index in [2.05, 4.69) is 23.7 Å². The molecule has 50 valence electrons. The molecule has 1 aliphatic rings. The van der Waals surface area contributed by atoms with Gasteiger partial charge < -0.3 is 0 Å². The SMILES string of the molecule is C1#CCCSCC#CC=C1. The highest BCUT2D eigenvalue weighted by molar-refractivity contribution is 7.99. The van der Waals surface area contributed by atoms with Crippen LogP contribution in [0.15, 0.2) is 12.2 Å². The van der Waals surface area contributed by atoms with Gasteiger partial charge in [0.25, 0.3) is 0 Å². The molecule has 0 atom stereocenters. The molecule has 0 N–H and O–H groups in total. The normalized spacial score (nSPS) is 16.0. The van der Waals surface area contributed by atoms with Gasteiger partial charge in [0.2, 0.25) is 0 Å². The quantitative estimate of drug-likeness (QED) is 0.471. The second-order valence-electron chi connectivity index (χ2n) is 1.78. The zero-order chi connectivity index (χ0) is 7.07. The molecule has 1 heterocycles. The van der Waals surface area contributed by atoms with Crippen LogP contribution in [0.4, 0.5) is 0 Å². The van der Waals surface area contributed by atoms with Gasteiger partial charge in [0.15, 0.2) is 0 Å². The Kier molecular flexibility index (Phi) is 3.68.